The SMILES string of the molecule is CC/C=C/C/C=C/C/C=C/CCCCCCCCCCCCC(=O)OC(COCCC(C(=O)O)[N+](C)(C)C)COC(=O)CCCCCCCCCCCCC. The van der Waals surface area contributed by atoms with E-state index < -0.39 is 18.1 Å². The highest BCUT2D eigenvalue weighted by atomic mass is 16.6. The van der Waals surface area contributed by atoms with Crippen molar-refractivity contribution in [2.45, 2.75) is 206 Å². The quantitative estimate of drug-likeness (QED) is 0.0286. The average Bonchev–Trinajstić information content (AvgIpc) is 3.14. The molecule has 55 heavy (non-hydrogen) atoms. The van der Waals surface area contributed by atoms with Crippen LogP contribution in [0.4, 0.5) is 0 Å². The van der Waals surface area contributed by atoms with Crippen molar-refractivity contribution < 1.29 is 38.2 Å². The second kappa shape index (κ2) is 38.4. The summed E-state index contributed by atoms with van der Waals surface area (Å²) in [6.45, 7) is 4.63. The van der Waals surface area contributed by atoms with Gasteiger partial charge in [-0.15, -0.1) is 0 Å². The Morgan fingerprint density at radius 1 is 0.564 bits per heavy atom. The molecule has 2 atom stereocenters. The first kappa shape index (κ1) is 52.6. The molecule has 0 radical (unpaired) electrons. The minimum atomic E-state index is -0.875. The van der Waals surface area contributed by atoms with Gasteiger partial charge in [0.05, 0.1) is 34.4 Å². The number of carbonyl (C=O) groups excluding carboxylic acids is 2. The molecule has 0 heterocycles. The fourth-order valence-electron chi connectivity index (χ4n) is 6.58. The van der Waals surface area contributed by atoms with Gasteiger partial charge in [-0.2, -0.15) is 0 Å². The number of nitrogens with zero attached hydrogens (tertiary/aromatic N) is 1. The topological polar surface area (TPSA) is 99.1 Å². The van der Waals surface area contributed by atoms with Gasteiger partial charge in [-0.1, -0.05) is 166 Å². The summed E-state index contributed by atoms with van der Waals surface area (Å²) < 4.78 is 17.3. The molecule has 0 saturated heterocycles. The summed E-state index contributed by atoms with van der Waals surface area (Å²) in [5.74, 6) is -1.47. The van der Waals surface area contributed by atoms with Gasteiger partial charge in [0.25, 0.3) is 0 Å². The summed E-state index contributed by atoms with van der Waals surface area (Å²) in [4.78, 5) is 36.9. The Balaban J connectivity index is 4.27. The molecule has 0 bridgehead atoms. The molecule has 0 aliphatic heterocycles. The number of allylic oxidation sites excluding steroid dienone is 6. The first-order chi connectivity index (χ1) is 26.6. The first-order valence-corrected chi connectivity index (χ1v) is 22.5. The molecular weight excluding hydrogens is 691 g/mol. The minimum absolute atomic E-state index is 0.0496. The van der Waals surface area contributed by atoms with Crippen LogP contribution in [0.3, 0.4) is 0 Å². The van der Waals surface area contributed by atoms with E-state index >= 15 is 0 Å². The minimum Gasteiger partial charge on any atom is -0.477 e. The van der Waals surface area contributed by atoms with E-state index in [4.69, 9.17) is 14.2 Å². The third-order valence-electron chi connectivity index (χ3n) is 10.1. The predicted octanol–water partition coefficient (Wildman–Crippen LogP) is 12.2. The van der Waals surface area contributed by atoms with E-state index in [0.29, 0.717) is 19.3 Å². The number of likely N-dealkylation sites (N-methyl/N-ethyl adjacent to an activating group) is 1. The number of hydrogen-bond donors (Lipinski definition) is 1. The number of carboxylic acid groups (broad SMARTS) is 1. The second-order valence-electron chi connectivity index (χ2n) is 16.3. The molecular formula is C47H86NO7+. The first-order valence-electron chi connectivity index (χ1n) is 22.5. The molecule has 0 aromatic heterocycles. The zero-order chi connectivity index (χ0) is 40.7. The van der Waals surface area contributed by atoms with E-state index in [-0.39, 0.29) is 36.2 Å². The van der Waals surface area contributed by atoms with Gasteiger partial charge in [0, 0.05) is 19.3 Å². The van der Waals surface area contributed by atoms with Crippen LogP contribution in [0.2, 0.25) is 0 Å². The Bertz CT molecular complexity index is 1000. The van der Waals surface area contributed by atoms with Crippen LogP contribution in [0.15, 0.2) is 36.5 Å². The number of quaternary nitrogens is 1. The van der Waals surface area contributed by atoms with Crippen molar-refractivity contribution in [2.75, 3.05) is 41.0 Å². The fourth-order valence-corrected chi connectivity index (χ4v) is 6.58. The molecule has 0 fully saturated rings. The third-order valence-corrected chi connectivity index (χ3v) is 10.1. The summed E-state index contributed by atoms with van der Waals surface area (Å²) in [6, 6.07) is -0.613. The highest BCUT2D eigenvalue weighted by molar-refractivity contribution is 5.72. The fraction of sp³-hybridized carbons (Fsp3) is 0.809. The Morgan fingerprint density at radius 3 is 1.51 bits per heavy atom. The molecule has 0 rings (SSSR count). The summed E-state index contributed by atoms with van der Waals surface area (Å²) in [5, 5.41) is 9.61. The van der Waals surface area contributed by atoms with Gasteiger partial charge in [0.1, 0.15) is 6.61 Å². The van der Waals surface area contributed by atoms with Crippen molar-refractivity contribution >= 4 is 17.9 Å². The van der Waals surface area contributed by atoms with Gasteiger partial charge in [0.15, 0.2) is 12.1 Å². The van der Waals surface area contributed by atoms with E-state index in [1.165, 1.54) is 103 Å². The Hall–Kier alpha value is -2.45. The van der Waals surface area contributed by atoms with Gasteiger partial charge in [-0.25, -0.2) is 4.79 Å². The number of carboxylic acids is 1. The lowest BCUT2D eigenvalue weighted by Gasteiger charge is -2.31. The molecule has 0 aliphatic carbocycles. The summed E-state index contributed by atoms with van der Waals surface area (Å²) in [5.41, 5.74) is 0. The number of esters is 2. The van der Waals surface area contributed by atoms with Crippen molar-refractivity contribution in [1.82, 2.24) is 0 Å². The Labute approximate surface area is 338 Å². The zero-order valence-corrected chi connectivity index (χ0v) is 36.4. The number of unbranched alkanes of at least 4 members (excludes halogenated alkanes) is 20. The van der Waals surface area contributed by atoms with Gasteiger partial charge < -0.3 is 23.8 Å². The summed E-state index contributed by atoms with van der Waals surface area (Å²) >= 11 is 0. The van der Waals surface area contributed by atoms with E-state index in [0.717, 1.165) is 57.8 Å². The van der Waals surface area contributed by atoms with E-state index in [1.807, 2.05) is 21.1 Å². The zero-order valence-electron chi connectivity index (χ0n) is 36.4. The molecule has 1 N–H and O–H groups in total. The smallest absolute Gasteiger partial charge is 0.362 e. The molecule has 0 aromatic carbocycles. The number of hydrogen-bond acceptors (Lipinski definition) is 6. The highest BCUT2D eigenvalue weighted by Gasteiger charge is 2.31. The molecule has 8 heteroatoms. The van der Waals surface area contributed by atoms with Crippen LogP contribution in [0.5, 0.6) is 0 Å². The molecule has 8 nitrogen and oxygen atoms in total. The molecule has 0 amide bonds. The van der Waals surface area contributed by atoms with Crippen LogP contribution in [0.1, 0.15) is 194 Å². The third kappa shape index (κ3) is 36.9. The monoisotopic (exact) mass is 777 g/mol. The van der Waals surface area contributed by atoms with Gasteiger partial charge in [0.2, 0.25) is 0 Å². The largest absolute Gasteiger partial charge is 0.477 e. The van der Waals surface area contributed by atoms with Gasteiger partial charge in [-0.3, -0.25) is 9.59 Å². The van der Waals surface area contributed by atoms with Crippen LogP contribution in [-0.2, 0) is 28.6 Å². The number of aliphatic carboxylic acids is 1. The van der Waals surface area contributed by atoms with Crippen LogP contribution < -0.4 is 0 Å². The summed E-state index contributed by atoms with van der Waals surface area (Å²) in [7, 11) is 5.53. The highest BCUT2D eigenvalue weighted by Crippen LogP contribution is 2.15. The van der Waals surface area contributed by atoms with Crippen molar-refractivity contribution in [3.8, 4) is 0 Å². The maximum absolute atomic E-state index is 12.7. The van der Waals surface area contributed by atoms with Crippen molar-refractivity contribution in [1.29, 1.82) is 0 Å². The van der Waals surface area contributed by atoms with Crippen LogP contribution >= 0.6 is 0 Å². The maximum Gasteiger partial charge on any atom is 0.362 e. The van der Waals surface area contributed by atoms with Gasteiger partial charge in [-0.05, 0) is 44.9 Å². The van der Waals surface area contributed by atoms with Crippen LogP contribution in [0, 0.1) is 0 Å². The molecule has 0 aromatic rings. The van der Waals surface area contributed by atoms with E-state index in [9.17, 15) is 19.5 Å². The Kier molecular flexibility index (Phi) is 36.7. The summed E-state index contributed by atoms with van der Waals surface area (Å²) in [6.07, 6.45) is 43.3. The van der Waals surface area contributed by atoms with Gasteiger partial charge >= 0.3 is 17.9 Å². The standard InChI is InChI=1S/C47H85NO7/c1-6-8-10-12-14-16-18-19-20-21-22-23-24-25-26-28-30-32-34-36-38-46(50)55-43(41-53-40-39-44(47(51)52)48(3,4)5)42-54-45(49)37-35-33-31-29-27-17-15-13-11-9-7-2/h8,10,14,16,19-20,43-44H,6-7,9,11-13,15,17-18,21-42H2,1-5H3/p+1/b10-8+,16-14+,20-19+. The predicted molar refractivity (Wildman–Crippen MR) is 229 cm³/mol. The normalized spacial score (nSPS) is 13.3. The van der Waals surface area contributed by atoms with Crippen molar-refractivity contribution in [3.05, 3.63) is 36.5 Å². The van der Waals surface area contributed by atoms with Crippen LogP contribution in [-0.4, -0.2) is 80.6 Å². The lowest BCUT2D eigenvalue weighted by molar-refractivity contribution is -0.887. The molecule has 0 aliphatic rings. The maximum atomic E-state index is 12.7. The van der Waals surface area contributed by atoms with E-state index in [2.05, 4.69) is 50.3 Å². The van der Waals surface area contributed by atoms with E-state index in [1.54, 1.807) is 0 Å². The lowest BCUT2D eigenvalue weighted by atomic mass is 10.0. The van der Waals surface area contributed by atoms with Crippen molar-refractivity contribution in [2.24, 2.45) is 0 Å². The Morgan fingerprint density at radius 2 is 1.02 bits per heavy atom. The molecule has 0 spiro atoms. The number of rotatable bonds is 40. The second-order valence-corrected chi connectivity index (χ2v) is 16.3. The van der Waals surface area contributed by atoms with Crippen molar-refractivity contribution in [3.63, 3.8) is 0 Å². The number of carbonyl (C=O) groups is 3. The molecule has 320 valence electrons. The average molecular weight is 777 g/mol. The van der Waals surface area contributed by atoms with Crippen LogP contribution in [0.25, 0.3) is 0 Å². The number of ether oxygens (including phenoxy) is 3. The lowest BCUT2D eigenvalue weighted by Crippen LogP contribution is -2.50. The molecule has 0 saturated carbocycles. The molecule has 2 unspecified atom stereocenters.